The van der Waals surface area contributed by atoms with Crippen LogP contribution in [0.3, 0.4) is 0 Å². The van der Waals surface area contributed by atoms with Crippen LogP contribution in [0.25, 0.3) is 0 Å². The molecule has 0 aliphatic rings. The Labute approximate surface area is 141 Å². The van der Waals surface area contributed by atoms with Gasteiger partial charge in [-0.2, -0.15) is 0 Å². The van der Waals surface area contributed by atoms with Gasteiger partial charge in [0.05, 0.1) is 22.2 Å². The molecule has 1 aromatic carbocycles. The van der Waals surface area contributed by atoms with Crippen LogP contribution in [0.15, 0.2) is 18.2 Å². The lowest BCUT2D eigenvalue weighted by atomic mass is 10.1. The van der Waals surface area contributed by atoms with Gasteiger partial charge in [0.25, 0.3) is 5.69 Å². The molecule has 0 spiro atoms. The summed E-state index contributed by atoms with van der Waals surface area (Å²) in [5.74, 6) is -0.123. The molecule has 6 nitrogen and oxygen atoms in total. The van der Waals surface area contributed by atoms with Gasteiger partial charge in [-0.15, -0.1) is 0 Å². The summed E-state index contributed by atoms with van der Waals surface area (Å²) in [4.78, 5) is 21.3. The van der Waals surface area contributed by atoms with Gasteiger partial charge in [0, 0.05) is 25.1 Å². The third-order valence-corrected chi connectivity index (χ3v) is 3.65. The number of esters is 1. The molecule has 128 valence electrons. The summed E-state index contributed by atoms with van der Waals surface area (Å²) < 4.78 is 4.87. The van der Waals surface area contributed by atoms with Crippen LogP contribution in [-0.2, 0) is 9.53 Å². The van der Waals surface area contributed by atoms with Gasteiger partial charge in [0.2, 0.25) is 0 Å². The van der Waals surface area contributed by atoms with Gasteiger partial charge < -0.3 is 10.1 Å². The number of non-ortho nitro benzene ring substituents is 1. The van der Waals surface area contributed by atoms with Crippen molar-refractivity contribution in [3.05, 3.63) is 33.3 Å². The molecule has 0 aliphatic heterocycles. The van der Waals surface area contributed by atoms with Crippen molar-refractivity contribution < 1.29 is 14.5 Å². The van der Waals surface area contributed by atoms with E-state index in [4.69, 9.17) is 16.3 Å². The average Bonchev–Trinajstić information content (AvgIpc) is 2.51. The number of nitrogens with zero attached hydrogens (tertiary/aromatic N) is 1. The second kappa shape index (κ2) is 10.8. The molecular weight excluding hydrogens is 320 g/mol. The number of hydrogen-bond donors (Lipinski definition) is 1. The van der Waals surface area contributed by atoms with E-state index in [2.05, 4.69) is 5.32 Å². The van der Waals surface area contributed by atoms with Gasteiger partial charge in [0.15, 0.2) is 0 Å². The summed E-state index contributed by atoms with van der Waals surface area (Å²) >= 11 is 6.00. The fourth-order valence-electron chi connectivity index (χ4n) is 2.14. The molecule has 0 aliphatic carbocycles. The quantitative estimate of drug-likeness (QED) is 0.276. The van der Waals surface area contributed by atoms with E-state index < -0.39 is 4.92 Å². The van der Waals surface area contributed by atoms with Crippen LogP contribution < -0.4 is 5.32 Å². The number of carbonyl (C=O) groups excluding carboxylic acids is 1. The summed E-state index contributed by atoms with van der Waals surface area (Å²) in [6, 6.07) is 4.41. The maximum absolute atomic E-state index is 11.1. The number of unbranched alkanes of at least 4 members (excludes halogenated alkanes) is 4. The smallest absolute Gasteiger partial charge is 0.305 e. The van der Waals surface area contributed by atoms with Crippen molar-refractivity contribution in [1.82, 2.24) is 0 Å². The maximum atomic E-state index is 11.1. The number of rotatable bonds is 11. The highest BCUT2D eigenvalue weighted by atomic mass is 35.5. The van der Waals surface area contributed by atoms with E-state index in [1.165, 1.54) is 12.1 Å². The molecule has 0 bridgehead atoms. The molecule has 0 saturated carbocycles. The highest BCUT2D eigenvalue weighted by molar-refractivity contribution is 6.33. The topological polar surface area (TPSA) is 81.5 Å². The van der Waals surface area contributed by atoms with E-state index in [-0.39, 0.29) is 11.7 Å². The van der Waals surface area contributed by atoms with Crippen molar-refractivity contribution in [3.8, 4) is 0 Å². The van der Waals surface area contributed by atoms with Crippen LogP contribution in [0.1, 0.15) is 45.4 Å². The normalized spacial score (nSPS) is 10.3. The summed E-state index contributed by atoms with van der Waals surface area (Å²) in [6.45, 7) is 3.01. The van der Waals surface area contributed by atoms with Crippen molar-refractivity contribution >= 4 is 28.9 Å². The first-order valence-electron chi connectivity index (χ1n) is 7.88. The van der Waals surface area contributed by atoms with E-state index in [9.17, 15) is 14.9 Å². The molecule has 23 heavy (non-hydrogen) atoms. The lowest BCUT2D eigenvalue weighted by Gasteiger charge is -2.08. The SMILES string of the molecule is CCOC(=O)CCCCCCCNc1ccc([N+](=O)[O-])cc1Cl. The van der Waals surface area contributed by atoms with Crippen LogP contribution in [0.4, 0.5) is 11.4 Å². The Balaban J connectivity index is 2.11. The van der Waals surface area contributed by atoms with Crippen LogP contribution in [0, 0.1) is 10.1 Å². The molecule has 0 unspecified atom stereocenters. The number of nitro groups is 1. The number of anilines is 1. The molecule has 0 saturated heterocycles. The Kier molecular flexibility index (Phi) is 9.05. The van der Waals surface area contributed by atoms with Crippen LogP contribution in [-0.4, -0.2) is 24.0 Å². The highest BCUT2D eigenvalue weighted by Crippen LogP contribution is 2.26. The van der Waals surface area contributed by atoms with Crippen LogP contribution in [0.2, 0.25) is 5.02 Å². The molecule has 0 heterocycles. The maximum Gasteiger partial charge on any atom is 0.305 e. The third kappa shape index (κ3) is 7.83. The Hall–Kier alpha value is -1.82. The van der Waals surface area contributed by atoms with Crippen LogP contribution >= 0.6 is 11.6 Å². The zero-order valence-corrected chi connectivity index (χ0v) is 14.1. The molecule has 1 aromatic rings. The lowest BCUT2D eigenvalue weighted by Crippen LogP contribution is -2.03. The zero-order valence-electron chi connectivity index (χ0n) is 13.3. The number of hydrogen-bond acceptors (Lipinski definition) is 5. The highest BCUT2D eigenvalue weighted by Gasteiger charge is 2.08. The molecule has 0 amide bonds. The predicted molar refractivity (Wildman–Crippen MR) is 90.9 cm³/mol. The minimum atomic E-state index is -0.466. The summed E-state index contributed by atoms with van der Waals surface area (Å²) in [7, 11) is 0. The number of ether oxygens (including phenoxy) is 1. The Morgan fingerprint density at radius 3 is 2.61 bits per heavy atom. The molecule has 1 rings (SSSR count). The zero-order chi connectivity index (χ0) is 17.1. The first-order chi connectivity index (χ1) is 11.0. The van der Waals surface area contributed by atoms with E-state index in [0.29, 0.717) is 23.7 Å². The largest absolute Gasteiger partial charge is 0.466 e. The van der Waals surface area contributed by atoms with Gasteiger partial charge in [-0.25, -0.2) is 0 Å². The molecule has 0 aromatic heterocycles. The standard InChI is InChI=1S/C16H23ClN2O4/c1-2-23-16(20)8-6-4-3-5-7-11-18-15-10-9-13(19(21)22)12-14(15)17/h9-10,12,18H,2-8,11H2,1H3. The number of benzene rings is 1. The minimum absolute atomic E-state index is 0.0119. The fraction of sp³-hybridized carbons (Fsp3) is 0.562. The van der Waals surface area contributed by atoms with E-state index >= 15 is 0 Å². The monoisotopic (exact) mass is 342 g/mol. The predicted octanol–water partition coefficient (Wildman–Crippen LogP) is 4.56. The molecule has 0 radical (unpaired) electrons. The number of halogens is 1. The molecule has 1 N–H and O–H groups in total. The summed E-state index contributed by atoms with van der Waals surface area (Å²) in [5.41, 5.74) is 0.696. The molecule has 0 fully saturated rings. The first kappa shape index (κ1) is 19.2. The number of nitrogens with one attached hydrogen (secondary N) is 1. The fourth-order valence-corrected chi connectivity index (χ4v) is 2.38. The van der Waals surface area contributed by atoms with E-state index in [0.717, 1.165) is 38.6 Å². The van der Waals surface area contributed by atoms with Crippen molar-refractivity contribution in [3.63, 3.8) is 0 Å². The van der Waals surface area contributed by atoms with Gasteiger partial charge in [-0.3, -0.25) is 14.9 Å². The Morgan fingerprint density at radius 1 is 1.26 bits per heavy atom. The van der Waals surface area contributed by atoms with Crippen molar-refractivity contribution in [1.29, 1.82) is 0 Å². The first-order valence-corrected chi connectivity index (χ1v) is 8.25. The van der Waals surface area contributed by atoms with Gasteiger partial charge >= 0.3 is 5.97 Å². The second-order valence-corrected chi connectivity index (χ2v) is 5.58. The van der Waals surface area contributed by atoms with Gasteiger partial charge in [0.1, 0.15) is 0 Å². The van der Waals surface area contributed by atoms with E-state index in [1.807, 2.05) is 6.92 Å². The Bertz CT molecular complexity index is 523. The second-order valence-electron chi connectivity index (χ2n) is 5.17. The molecular formula is C16H23ClN2O4. The Morgan fingerprint density at radius 2 is 1.96 bits per heavy atom. The van der Waals surface area contributed by atoms with E-state index in [1.54, 1.807) is 6.07 Å². The minimum Gasteiger partial charge on any atom is -0.466 e. The van der Waals surface area contributed by atoms with Gasteiger partial charge in [-0.1, -0.05) is 30.9 Å². The summed E-state index contributed by atoms with van der Waals surface area (Å²) in [6.07, 6.45) is 5.46. The number of nitro benzene ring substituents is 1. The summed E-state index contributed by atoms with van der Waals surface area (Å²) in [5, 5.41) is 14.2. The van der Waals surface area contributed by atoms with Gasteiger partial charge in [-0.05, 0) is 25.8 Å². The number of carbonyl (C=O) groups is 1. The van der Waals surface area contributed by atoms with Crippen molar-refractivity contribution in [2.24, 2.45) is 0 Å². The molecule has 7 heteroatoms. The van der Waals surface area contributed by atoms with Crippen molar-refractivity contribution in [2.45, 2.75) is 45.4 Å². The van der Waals surface area contributed by atoms with Crippen LogP contribution in [0.5, 0.6) is 0 Å². The molecule has 0 atom stereocenters. The lowest BCUT2D eigenvalue weighted by molar-refractivity contribution is -0.384. The average molecular weight is 343 g/mol. The van der Waals surface area contributed by atoms with Crippen molar-refractivity contribution in [2.75, 3.05) is 18.5 Å². The third-order valence-electron chi connectivity index (χ3n) is 3.34.